The molecule has 2 aliphatic rings. The van der Waals surface area contributed by atoms with Crippen LogP contribution in [0.4, 0.5) is 5.69 Å². The molecular formula is C23H28ClN4O2+. The summed E-state index contributed by atoms with van der Waals surface area (Å²) in [6, 6.07) is 17.3. The number of carbonyl (C=O) groups excluding carboxylic acids is 2. The predicted molar refractivity (Wildman–Crippen MR) is 118 cm³/mol. The topological polar surface area (TPSA) is 48.3 Å². The molecule has 30 heavy (non-hydrogen) atoms. The van der Waals surface area contributed by atoms with Gasteiger partial charge in [0.1, 0.15) is 0 Å². The largest absolute Gasteiger partial charge is 0.368 e. The second-order valence-electron chi connectivity index (χ2n) is 7.93. The molecule has 2 heterocycles. The molecule has 158 valence electrons. The Balaban J connectivity index is 1.22. The summed E-state index contributed by atoms with van der Waals surface area (Å²) in [6.45, 7) is 6.62. The molecule has 0 bridgehead atoms. The van der Waals surface area contributed by atoms with Crippen LogP contribution in [0.15, 0.2) is 54.6 Å². The number of benzene rings is 2. The molecule has 0 aliphatic carbocycles. The number of hydrogen-bond donors (Lipinski definition) is 1. The van der Waals surface area contributed by atoms with Crippen molar-refractivity contribution in [1.82, 2.24) is 9.80 Å². The zero-order valence-corrected chi connectivity index (χ0v) is 17.9. The Labute approximate surface area is 182 Å². The van der Waals surface area contributed by atoms with Crippen molar-refractivity contribution < 1.29 is 14.5 Å². The smallest absolute Gasteiger partial charge is 0.277 e. The summed E-state index contributed by atoms with van der Waals surface area (Å²) in [4.78, 5) is 32.8. The number of halogens is 1. The van der Waals surface area contributed by atoms with Crippen LogP contribution in [0.5, 0.6) is 0 Å². The highest BCUT2D eigenvalue weighted by Gasteiger charge is 2.28. The van der Waals surface area contributed by atoms with E-state index < -0.39 is 0 Å². The molecule has 0 aromatic heterocycles. The van der Waals surface area contributed by atoms with E-state index in [0.717, 1.165) is 55.5 Å². The summed E-state index contributed by atoms with van der Waals surface area (Å²) in [5.74, 6) is 0.289. The van der Waals surface area contributed by atoms with Gasteiger partial charge in [0, 0.05) is 42.5 Å². The van der Waals surface area contributed by atoms with Gasteiger partial charge in [0.05, 0.1) is 26.2 Å². The van der Waals surface area contributed by atoms with Gasteiger partial charge in [-0.3, -0.25) is 9.59 Å². The van der Waals surface area contributed by atoms with Crippen molar-refractivity contribution in [2.75, 3.05) is 63.8 Å². The molecule has 0 unspecified atom stereocenters. The number of hydrogen-bond acceptors (Lipinski definition) is 3. The van der Waals surface area contributed by atoms with Gasteiger partial charge in [0.25, 0.3) is 11.8 Å². The van der Waals surface area contributed by atoms with Gasteiger partial charge in [-0.1, -0.05) is 35.9 Å². The maximum Gasteiger partial charge on any atom is 0.277 e. The van der Waals surface area contributed by atoms with Gasteiger partial charge in [-0.05, 0) is 30.3 Å². The maximum atomic E-state index is 12.8. The van der Waals surface area contributed by atoms with Crippen molar-refractivity contribution in [3.63, 3.8) is 0 Å². The van der Waals surface area contributed by atoms with Gasteiger partial charge < -0.3 is 19.6 Å². The van der Waals surface area contributed by atoms with E-state index in [0.29, 0.717) is 19.6 Å². The van der Waals surface area contributed by atoms with Crippen molar-refractivity contribution >= 4 is 29.1 Å². The molecule has 0 spiro atoms. The summed E-state index contributed by atoms with van der Waals surface area (Å²) in [7, 11) is 0. The van der Waals surface area contributed by atoms with Crippen LogP contribution in [0.1, 0.15) is 10.4 Å². The monoisotopic (exact) mass is 427 g/mol. The molecule has 7 heteroatoms. The molecular weight excluding hydrogens is 400 g/mol. The van der Waals surface area contributed by atoms with Crippen LogP contribution in [-0.4, -0.2) is 80.5 Å². The molecule has 0 radical (unpaired) electrons. The number of anilines is 1. The Morgan fingerprint density at radius 1 is 0.833 bits per heavy atom. The molecule has 2 aliphatic heterocycles. The molecule has 2 aromatic carbocycles. The maximum absolute atomic E-state index is 12.8. The third kappa shape index (κ3) is 4.94. The first-order valence-corrected chi connectivity index (χ1v) is 10.9. The lowest BCUT2D eigenvalue weighted by Crippen LogP contribution is -3.15. The number of rotatable bonds is 4. The number of nitrogens with zero attached hydrogens (tertiary/aromatic N) is 3. The van der Waals surface area contributed by atoms with E-state index in [4.69, 9.17) is 11.6 Å². The van der Waals surface area contributed by atoms with Crippen molar-refractivity contribution in [1.29, 1.82) is 0 Å². The van der Waals surface area contributed by atoms with E-state index in [1.807, 2.05) is 58.3 Å². The molecule has 2 fully saturated rings. The first-order chi connectivity index (χ1) is 14.6. The van der Waals surface area contributed by atoms with Gasteiger partial charge in [0.2, 0.25) is 0 Å². The Morgan fingerprint density at radius 3 is 2.20 bits per heavy atom. The van der Waals surface area contributed by atoms with Gasteiger partial charge in [-0.25, -0.2) is 0 Å². The fraction of sp³-hybridized carbons (Fsp3) is 0.391. The van der Waals surface area contributed by atoms with Crippen LogP contribution in [-0.2, 0) is 4.79 Å². The van der Waals surface area contributed by atoms with Gasteiger partial charge in [0.15, 0.2) is 6.54 Å². The quantitative estimate of drug-likeness (QED) is 0.792. The average Bonchev–Trinajstić information content (AvgIpc) is 2.80. The minimum absolute atomic E-state index is 0.0816. The summed E-state index contributed by atoms with van der Waals surface area (Å²) in [5, 5.41) is 0.736. The SMILES string of the molecule is O=C(C[NH+]1CCN(C(=O)c2ccccc2)CC1)N1CCN(c2cccc(Cl)c2)CC1. The second-order valence-corrected chi connectivity index (χ2v) is 8.37. The number of piperazine rings is 2. The molecule has 0 atom stereocenters. The first-order valence-electron chi connectivity index (χ1n) is 10.6. The predicted octanol–water partition coefficient (Wildman–Crippen LogP) is 1.03. The standard InChI is InChI=1S/C23H27ClN4O2/c24-20-7-4-8-21(17-20)26-13-15-27(16-14-26)22(29)18-25-9-11-28(12-10-25)23(30)19-5-2-1-3-6-19/h1-8,17H,9-16,18H2/p+1. The normalized spacial score (nSPS) is 17.8. The molecule has 0 saturated carbocycles. The number of quaternary nitrogens is 1. The minimum atomic E-state index is 0.0816. The number of amides is 2. The fourth-order valence-electron chi connectivity index (χ4n) is 4.18. The van der Waals surface area contributed by atoms with Gasteiger partial charge in [-0.2, -0.15) is 0 Å². The van der Waals surface area contributed by atoms with Gasteiger partial charge >= 0.3 is 0 Å². The highest BCUT2D eigenvalue weighted by molar-refractivity contribution is 6.30. The summed E-state index contributed by atoms with van der Waals surface area (Å²) < 4.78 is 0. The Hall–Kier alpha value is -2.57. The Kier molecular flexibility index (Phi) is 6.55. The van der Waals surface area contributed by atoms with Crippen molar-refractivity contribution in [3.8, 4) is 0 Å². The highest BCUT2D eigenvalue weighted by Crippen LogP contribution is 2.20. The van der Waals surface area contributed by atoms with Crippen LogP contribution in [0.25, 0.3) is 0 Å². The summed E-state index contributed by atoms with van der Waals surface area (Å²) in [6.07, 6.45) is 0. The molecule has 4 rings (SSSR count). The van der Waals surface area contributed by atoms with E-state index >= 15 is 0 Å². The molecule has 2 amide bonds. The summed E-state index contributed by atoms with van der Waals surface area (Å²) in [5.41, 5.74) is 1.84. The number of nitrogens with one attached hydrogen (secondary N) is 1. The zero-order chi connectivity index (χ0) is 20.9. The lowest BCUT2D eigenvalue weighted by atomic mass is 10.2. The third-order valence-corrected chi connectivity index (χ3v) is 6.22. The molecule has 6 nitrogen and oxygen atoms in total. The van der Waals surface area contributed by atoms with Crippen LogP contribution >= 0.6 is 11.6 Å². The second kappa shape index (κ2) is 9.49. The average molecular weight is 428 g/mol. The van der Waals surface area contributed by atoms with E-state index in [1.54, 1.807) is 0 Å². The summed E-state index contributed by atoms with van der Waals surface area (Å²) >= 11 is 6.10. The van der Waals surface area contributed by atoms with Crippen molar-refractivity contribution in [2.45, 2.75) is 0 Å². The van der Waals surface area contributed by atoms with E-state index in [9.17, 15) is 9.59 Å². The van der Waals surface area contributed by atoms with E-state index in [1.165, 1.54) is 4.90 Å². The third-order valence-electron chi connectivity index (χ3n) is 5.99. The van der Waals surface area contributed by atoms with Crippen molar-refractivity contribution in [2.24, 2.45) is 0 Å². The van der Waals surface area contributed by atoms with Crippen LogP contribution in [0, 0.1) is 0 Å². The number of carbonyl (C=O) groups is 2. The molecule has 2 aromatic rings. The van der Waals surface area contributed by atoms with Crippen LogP contribution < -0.4 is 9.80 Å². The molecule has 1 N–H and O–H groups in total. The lowest BCUT2D eigenvalue weighted by molar-refractivity contribution is -0.896. The van der Waals surface area contributed by atoms with E-state index in [-0.39, 0.29) is 11.8 Å². The Morgan fingerprint density at radius 2 is 1.53 bits per heavy atom. The first kappa shape index (κ1) is 20.7. The Bertz CT molecular complexity index is 876. The van der Waals surface area contributed by atoms with Gasteiger partial charge in [-0.15, -0.1) is 0 Å². The zero-order valence-electron chi connectivity index (χ0n) is 17.1. The van der Waals surface area contributed by atoms with Crippen LogP contribution in [0.3, 0.4) is 0 Å². The van der Waals surface area contributed by atoms with E-state index in [2.05, 4.69) is 11.0 Å². The minimum Gasteiger partial charge on any atom is -0.368 e. The fourth-order valence-corrected chi connectivity index (χ4v) is 4.36. The molecule has 2 saturated heterocycles. The lowest BCUT2D eigenvalue weighted by Gasteiger charge is -2.37. The van der Waals surface area contributed by atoms with Crippen LogP contribution in [0.2, 0.25) is 5.02 Å². The van der Waals surface area contributed by atoms with Crippen molar-refractivity contribution in [3.05, 3.63) is 65.2 Å². The highest BCUT2D eigenvalue weighted by atomic mass is 35.5.